The lowest BCUT2D eigenvalue weighted by Gasteiger charge is -2.37. The van der Waals surface area contributed by atoms with Crippen molar-refractivity contribution in [3.05, 3.63) is 67.8 Å². The molecule has 41 heavy (non-hydrogen) atoms. The van der Waals surface area contributed by atoms with E-state index in [2.05, 4.69) is 13.2 Å². The lowest BCUT2D eigenvalue weighted by Crippen LogP contribution is -2.55. The smallest absolute Gasteiger partial charge is 0.251 e. The zero-order valence-electron chi connectivity index (χ0n) is 23.9. The van der Waals surface area contributed by atoms with E-state index >= 15 is 0 Å². The van der Waals surface area contributed by atoms with Gasteiger partial charge in [0.2, 0.25) is 11.8 Å². The van der Waals surface area contributed by atoms with Crippen LogP contribution in [0.5, 0.6) is 0 Å². The Kier molecular flexibility index (Phi) is 8.90. The van der Waals surface area contributed by atoms with Crippen LogP contribution in [0, 0.1) is 11.8 Å². The largest absolute Gasteiger partial charge is 0.396 e. The van der Waals surface area contributed by atoms with Crippen molar-refractivity contribution in [2.75, 3.05) is 37.7 Å². The standard InChI is InChI=1S/C33H41N3O4S/c1-4-17-34(18-5-2)30(38)27-26-15-16-33(41-26)28(27)31(39)36(20-9-10-21-37)29(33)32(40)35(19-6-3)25-14-13-23-11-7-8-12-24(23)22-25/h4,6-8,11-14,22,26-29,37H,1,3,5,9-10,15-21H2,2H3/t26-,27+,28-,29?,33?/m0/s1. The molecular formula is C33H41N3O4S. The first kappa shape index (κ1) is 29.4. The van der Waals surface area contributed by atoms with Crippen LogP contribution in [0.3, 0.4) is 0 Å². The molecule has 1 N–H and O–H groups in total. The summed E-state index contributed by atoms with van der Waals surface area (Å²) >= 11 is 1.70. The van der Waals surface area contributed by atoms with Gasteiger partial charge in [0.25, 0.3) is 5.91 Å². The number of benzene rings is 2. The van der Waals surface area contributed by atoms with Gasteiger partial charge < -0.3 is 19.8 Å². The molecule has 0 saturated carbocycles. The van der Waals surface area contributed by atoms with Crippen LogP contribution in [0.25, 0.3) is 10.8 Å². The second-order valence-corrected chi connectivity index (χ2v) is 13.0. The van der Waals surface area contributed by atoms with E-state index in [-0.39, 0.29) is 29.6 Å². The number of hydrogen-bond donors (Lipinski definition) is 1. The molecule has 2 unspecified atom stereocenters. The summed E-state index contributed by atoms with van der Waals surface area (Å²) in [6.07, 6.45) is 6.96. The molecule has 3 fully saturated rings. The van der Waals surface area contributed by atoms with Gasteiger partial charge in [-0.15, -0.1) is 24.9 Å². The number of rotatable bonds is 13. The molecule has 5 atom stereocenters. The number of hydrogen-bond acceptors (Lipinski definition) is 5. The van der Waals surface area contributed by atoms with Crippen molar-refractivity contribution >= 4 is 45.9 Å². The molecule has 7 nitrogen and oxygen atoms in total. The molecule has 0 radical (unpaired) electrons. The number of aliphatic hydroxyl groups is 1. The first-order valence-corrected chi connectivity index (χ1v) is 15.7. The van der Waals surface area contributed by atoms with Gasteiger partial charge in [0, 0.05) is 43.7 Å². The molecule has 2 aromatic rings. The van der Waals surface area contributed by atoms with Crippen LogP contribution in [-0.4, -0.2) is 81.5 Å². The maximum Gasteiger partial charge on any atom is 0.251 e. The predicted octanol–water partition coefficient (Wildman–Crippen LogP) is 4.65. The van der Waals surface area contributed by atoms with Crippen LogP contribution in [0.15, 0.2) is 67.8 Å². The van der Waals surface area contributed by atoms with E-state index in [1.165, 1.54) is 0 Å². The fraction of sp³-hybridized carbons (Fsp3) is 0.485. The van der Waals surface area contributed by atoms with Gasteiger partial charge in [0.1, 0.15) is 6.04 Å². The highest BCUT2D eigenvalue weighted by Gasteiger charge is 2.74. The average Bonchev–Trinajstić information content (AvgIpc) is 3.62. The van der Waals surface area contributed by atoms with Gasteiger partial charge in [0.15, 0.2) is 0 Å². The van der Waals surface area contributed by atoms with Crippen LogP contribution < -0.4 is 4.90 Å². The Morgan fingerprint density at radius 3 is 2.56 bits per heavy atom. The molecule has 5 rings (SSSR count). The first-order valence-electron chi connectivity index (χ1n) is 14.8. The van der Waals surface area contributed by atoms with E-state index in [1.54, 1.807) is 33.7 Å². The molecule has 2 aromatic carbocycles. The monoisotopic (exact) mass is 575 g/mol. The van der Waals surface area contributed by atoms with Crippen molar-refractivity contribution in [1.29, 1.82) is 0 Å². The maximum atomic E-state index is 14.7. The highest BCUT2D eigenvalue weighted by atomic mass is 32.2. The van der Waals surface area contributed by atoms with Gasteiger partial charge in [-0.2, -0.15) is 0 Å². The predicted molar refractivity (Wildman–Crippen MR) is 166 cm³/mol. The minimum Gasteiger partial charge on any atom is -0.396 e. The summed E-state index contributed by atoms with van der Waals surface area (Å²) < 4.78 is -0.652. The molecule has 1 spiro atoms. The van der Waals surface area contributed by atoms with Gasteiger partial charge in [-0.1, -0.05) is 49.4 Å². The quantitative estimate of drug-likeness (QED) is 0.278. The van der Waals surface area contributed by atoms with E-state index < -0.39 is 22.6 Å². The van der Waals surface area contributed by atoms with Crippen LogP contribution in [0.4, 0.5) is 5.69 Å². The van der Waals surface area contributed by atoms with Crippen molar-refractivity contribution in [3.8, 4) is 0 Å². The van der Waals surface area contributed by atoms with Gasteiger partial charge in [0.05, 0.1) is 16.6 Å². The van der Waals surface area contributed by atoms with E-state index in [1.807, 2.05) is 54.3 Å². The van der Waals surface area contributed by atoms with Crippen molar-refractivity contribution in [2.24, 2.45) is 11.8 Å². The van der Waals surface area contributed by atoms with Crippen LogP contribution in [-0.2, 0) is 14.4 Å². The van der Waals surface area contributed by atoms with Gasteiger partial charge >= 0.3 is 0 Å². The Hall–Kier alpha value is -3.10. The number of aliphatic hydroxyl groups excluding tert-OH is 1. The molecule has 0 aliphatic carbocycles. The Morgan fingerprint density at radius 1 is 1.10 bits per heavy atom. The fourth-order valence-electron chi connectivity index (χ4n) is 7.22. The summed E-state index contributed by atoms with van der Waals surface area (Å²) in [5.74, 6) is -1.20. The molecule has 3 amide bonds. The van der Waals surface area contributed by atoms with Crippen molar-refractivity contribution in [1.82, 2.24) is 9.80 Å². The zero-order valence-corrected chi connectivity index (χ0v) is 24.7. The number of unbranched alkanes of at least 4 members (excludes halogenated alkanes) is 1. The average molecular weight is 576 g/mol. The first-order chi connectivity index (χ1) is 19.9. The number of thioether (sulfide) groups is 1. The Labute approximate surface area is 247 Å². The van der Waals surface area contributed by atoms with Crippen molar-refractivity contribution < 1.29 is 19.5 Å². The SMILES string of the molecule is C=CCN(CCC)C(=O)[C@@H]1[C@@H]2CCC3(S2)C(C(=O)N(CC=C)c2ccc4ccccc4c2)N(CCCCO)C(=O)[C@H]13. The molecule has 3 heterocycles. The summed E-state index contributed by atoms with van der Waals surface area (Å²) in [6, 6.07) is 13.3. The molecule has 8 heteroatoms. The third kappa shape index (κ3) is 5.10. The minimum atomic E-state index is -0.683. The van der Waals surface area contributed by atoms with Gasteiger partial charge in [-0.3, -0.25) is 14.4 Å². The third-order valence-electron chi connectivity index (χ3n) is 8.90. The molecule has 218 valence electrons. The normalized spacial score (nSPS) is 26.3. The highest BCUT2D eigenvalue weighted by molar-refractivity contribution is 8.02. The van der Waals surface area contributed by atoms with E-state index in [9.17, 15) is 19.5 Å². The molecule has 3 saturated heterocycles. The summed E-state index contributed by atoms with van der Waals surface area (Å²) in [6.45, 7) is 11.6. The number of anilines is 1. The van der Waals surface area contributed by atoms with E-state index in [0.717, 1.165) is 35.7 Å². The lowest BCUT2D eigenvalue weighted by molar-refractivity contribution is -0.143. The number of carbonyl (C=O) groups is 3. The van der Waals surface area contributed by atoms with Crippen LogP contribution >= 0.6 is 11.8 Å². The summed E-state index contributed by atoms with van der Waals surface area (Å²) in [4.78, 5) is 48.3. The molecule has 3 aliphatic rings. The second kappa shape index (κ2) is 12.4. The molecule has 3 aliphatic heterocycles. The molecule has 0 aromatic heterocycles. The van der Waals surface area contributed by atoms with Crippen LogP contribution in [0.1, 0.15) is 39.0 Å². The third-order valence-corrected chi connectivity index (χ3v) is 10.9. The topological polar surface area (TPSA) is 81.2 Å². The Bertz CT molecular complexity index is 1330. The number of nitrogens with zero attached hydrogens (tertiary/aromatic N) is 3. The van der Waals surface area contributed by atoms with E-state index in [4.69, 9.17) is 0 Å². The number of likely N-dealkylation sites (tertiary alicyclic amines) is 1. The summed E-state index contributed by atoms with van der Waals surface area (Å²) in [7, 11) is 0. The van der Waals surface area contributed by atoms with Gasteiger partial charge in [-0.25, -0.2) is 0 Å². The summed E-state index contributed by atoms with van der Waals surface area (Å²) in [5, 5.41) is 11.6. The Morgan fingerprint density at radius 2 is 1.85 bits per heavy atom. The molecular weight excluding hydrogens is 534 g/mol. The zero-order chi connectivity index (χ0) is 29.1. The van der Waals surface area contributed by atoms with Crippen molar-refractivity contribution in [3.63, 3.8) is 0 Å². The minimum absolute atomic E-state index is 0.00468. The highest BCUT2D eigenvalue weighted by Crippen LogP contribution is 2.66. The Balaban J connectivity index is 1.54. The van der Waals surface area contributed by atoms with Crippen molar-refractivity contribution in [2.45, 2.75) is 55.1 Å². The lowest BCUT2D eigenvalue weighted by atomic mass is 9.70. The van der Waals surface area contributed by atoms with Crippen LogP contribution in [0.2, 0.25) is 0 Å². The molecule has 2 bridgehead atoms. The number of fused-ring (bicyclic) bond motifs is 2. The number of carbonyl (C=O) groups excluding carboxylic acids is 3. The van der Waals surface area contributed by atoms with Gasteiger partial charge in [-0.05, 0) is 55.0 Å². The van der Waals surface area contributed by atoms with E-state index in [0.29, 0.717) is 39.0 Å². The second-order valence-electron chi connectivity index (χ2n) is 11.4. The fourth-order valence-corrected chi connectivity index (χ4v) is 9.43. The maximum absolute atomic E-state index is 14.7. The number of amides is 3. The summed E-state index contributed by atoms with van der Waals surface area (Å²) in [5.41, 5.74) is 0.765.